The lowest BCUT2D eigenvalue weighted by Gasteiger charge is -1.96. The van der Waals surface area contributed by atoms with Gasteiger partial charge in [-0.2, -0.15) is 0 Å². The van der Waals surface area contributed by atoms with Gasteiger partial charge in [0.15, 0.2) is 0 Å². The van der Waals surface area contributed by atoms with Crippen molar-refractivity contribution < 1.29 is 9.90 Å². The van der Waals surface area contributed by atoms with Crippen LogP contribution in [0.2, 0.25) is 0 Å². The molecule has 1 aromatic rings. The maximum Gasteiger partial charge on any atom is 0.408 e. The number of allylic oxidation sites excluding steroid dienone is 1. The van der Waals surface area contributed by atoms with Gasteiger partial charge >= 0.3 is 6.09 Å². The Morgan fingerprint density at radius 2 is 2.07 bits per heavy atom. The van der Waals surface area contributed by atoms with E-state index in [4.69, 9.17) is 5.11 Å². The molecule has 1 aromatic carbocycles. The van der Waals surface area contributed by atoms with Gasteiger partial charge in [-0.15, -0.1) is 0 Å². The molecule has 0 aliphatic carbocycles. The highest BCUT2D eigenvalue weighted by Gasteiger charge is 1.89. The molecule has 3 nitrogen and oxygen atoms in total. The van der Waals surface area contributed by atoms with Crippen molar-refractivity contribution in [3.8, 4) is 0 Å². The average Bonchev–Trinajstić information content (AvgIpc) is 2.18. The Morgan fingerprint density at radius 3 is 2.71 bits per heavy atom. The minimum absolute atomic E-state index is 0.838. The molecule has 74 valence electrons. The molecule has 0 atom stereocenters. The number of carboxylic acid groups (broad SMARTS) is 1. The molecule has 3 heteroatoms. The Bertz CT molecular complexity index is 306. The molecule has 0 aliphatic rings. The van der Waals surface area contributed by atoms with Crippen LogP contribution in [0.4, 0.5) is 4.79 Å². The fourth-order valence-corrected chi connectivity index (χ4v) is 1.11. The number of aryl methyl sites for hydroxylation is 1. The van der Waals surface area contributed by atoms with E-state index in [9.17, 15) is 4.79 Å². The number of benzene rings is 1. The van der Waals surface area contributed by atoms with Gasteiger partial charge in [0.05, 0.1) is 0 Å². The van der Waals surface area contributed by atoms with Gasteiger partial charge in [-0.3, -0.25) is 5.32 Å². The first-order valence-corrected chi connectivity index (χ1v) is 4.47. The zero-order valence-corrected chi connectivity index (χ0v) is 7.81. The van der Waals surface area contributed by atoms with E-state index in [-0.39, 0.29) is 0 Å². The van der Waals surface area contributed by atoms with Gasteiger partial charge in [-0.1, -0.05) is 36.4 Å². The maximum atomic E-state index is 10.1. The van der Waals surface area contributed by atoms with Crippen molar-refractivity contribution >= 4 is 6.09 Å². The molecule has 0 heterocycles. The second-order valence-corrected chi connectivity index (χ2v) is 2.88. The Morgan fingerprint density at radius 1 is 1.36 bits per heavy atom. The molecule has 0 unspecified atom stereocenters. The molecule has 2 N–H and O–H groups in total. The van der Waals surface area contributed by atoms with Crippen LogP contribution in [0.25, 0.3) is 0 Å². The Balaban J connectivity index is 2.22. The van der Waals surface area contributed by atoms with Crippen molar-refractivity contribution in [3.05, 3.63) is 48.2 Å². The molecule has 14 heavy (non-hydrogen) atoms. The topological polar surface area (TPSA) is 49.3 Å². The third-order valence-corrected chi connectivity index (χ3v) is 1.77. The summed E-state index contributed by atoms with van der Waals surface area (Å²) in [5.74, 6) is 0. The van der Waals surface area contributed by atoms with Crippen molar-refractivity contribution in [1.82, 2.24) is 5.32 Å². The van der Waals surface area contributed by atoms with Crippen LogP contribution in [-0.2, 0) is 6.42 Å². The van der Waals surface area contributed by atoms with Crippen molar-refractivity contribution in [1.29, 1.82) is 0 Å². The highest BCUT2D eigenvalue weighted by Crippen LogP contribution is 2.02. The van der Waals surface area contributed by atoms with E-state index in [1.54, 1.807) is 6.08 Å². The highest BCUT2D eigenvalue weighted by molar-refractivity contribution is 5.65. The van der Waals surface area contributed by atoms with Crippen LogP contribution in [0.1, 0.15) is 12.0 Å². The Kier molecular flexibility index (Phi) is 4.27. The van der Waals surface area contributed by atoms with E-state index < -0.39 is 6.09 Å². The summed E-state index contributed by atoms with van der Waals surface area (Å²) in [5, 5.41) is 10.4. The van der Waals surface area contributed by atoms with Gasteiger partial charge < -0.3 is 5.11 Å². The second kappa shape index (κ2) is 5.80. The summed E-state index contributed by atoms with van der Waals surface area (Å²) in [7, 11) is 0. The lowest BCUT2D eigenvalue weighted by molar-refractivity contribution is 0.198. The molecular formula is C11H13NO2. The zero-order valence-electron chi connectivity index (χ0n) is 7.81. The van der Waals surface area contributed by atoms with E-state index >= 15 is 0 Å². The summed E-state index contributed by atoms with van der Waals surface area (Å²) in [6.07, 6.45) is 4.00. The van der Waals surface area contributed by atoms with Crippen molar-refractivity contribution in [2.75, 3.05) is 0 Å². The van der Waals surface area contributed by atoms with Gasteiger partial charge in [0.1, 0.15) is 0 Å². The summed E-state index contributed by atoms with van der Waals surface area (Å²) in [4.78, 5) is 10.1. The standard InChI is InChI=1S/C11H13NO2/c13-11(14)12-9-5-4-8-10-6-2-1-3-7-10/h1-3,5-7,9,12H,4,8H2,(H,13,14)/b9-5+. The van der Waals surface area contributed by atoms with Crippen LogP contribution in [0.15, 0.2) is 42.6 Å². The number of nitrogens with one attached hydrogen (secondary N) is 1. The fourth-order valence-electron chi connectivity index (χ4n) is 1.11. The summed E-state index contributed by atoms with van der Waals surface area (Å²) < 4.78 is 0. The summed E-state index contributed by atoms with van der Waals surface area (Å²) in [6.45, 7) is 0. The molecule has 0 saturated carbocycles. The van der Waals surface area contributed by atoms with E-state index in [1.165, 1.54) is 11.8 Å². The zero-order chi connectivity index (χ0) is 10.2. The minimum Gasteiger partial charge on any atom is -0.465 e. The number of hydrogen-bond acceptors (Lipinski definition) is 1. The van der Waals surface area contributed by atoms with Crippen LogP contribution < -0.4 is 5.32 Å². The van der Waals surface area contributed by atoms with Crippen molar-refractivity contribution in [2.45, 2.75) is 12.8 Å². The molecule has 0 saturated heterocycles. The maximum absolute atomic E-state index is 10.1. The molecular weight excluding hydrogens is 178 g/mol. The molecule has 1 rings (SSSR count). The number of rotatable bonds is 4. The quantitative estimate of drug-likeness (QED) is 0.767. The molecule has 0 aromatic heterocycles. The van der Waals surface area contributed by atoms with Crippen LogP contribution in [0, 0.1) is 0 Å². The van der Waals surface area contributed by atoms with E-state index in [2.05, 4.69) is 17.4 Å². The predicted molar refractivity (Wildman–Crippen MR) is 55.1 cm³/mol. The number of hydrogen-bond donors (Lipinski definition) is 2. The van der Waals surface area contributed by atoms with Crippen LogP contribution in [0.5, 0.6) is 0 Å². The lowest BCUT2D eigenvalue weighted by Crippen LogP contribution is -2.12. The third kappa shape index (κ3) is 4.30. The molecule has 0 spiro atoms. The van der Waals surface area contributed by atoms with Crippen molar-refractivity contribution in [3.63, 3.8) is 0 Å². The molecule has 0 aliphatic heterocycles. The second-order valence-electron chi connectivity index (χ2n) is 2.88. The van der Waals surface area contributed by atoms with Gasteiger partial charge in [0.2, 0.25) is 0 Å². The van der Waals surface area contributed by atoms with Crippen LogP contribution in [-0.4, -0.2) is 11.2 Å². The van der Waals surface area contributed by atoms with Gasteiger partial charge in [-0.25, -0.2) is 4.79 Å². The highest BCUT2D eigenvalue weighted by atomic mass is 16.4. The predicted octanol–water partition coefficient (Wildman–Crippen LogP) is 2.40. The Labute approximate surface area is 83.1 Å². The summed E-state index contributed by atoms with van der Waals surface area (Å²) in [6, 6.07) is 10.1. The van der Waals surface area contributed by atoms with Crippen LogP contribution >= 0.6 is 0 Å². The number of carbonyl (C=O) groups is 1. The monoisotopic (exact) mass is 191 g/mol. The third-order valence-electron chi connectivity index (χ3n) is 1.77. The molecule has 1 amide bonds. The first kappa shape index (κ1) is 10.3. The van der Waals surface area contributed by atoms with E-state index in [0.717, 1.165) is 12.8 Å². The van der Waals surface area contributed by atoms with Crippen molar-refractivity contribution in [2.24, 2.45) is 0 Å². The van der Waals surface area contributed by atoms with Gasteiger partial charge in [0.25, 0.3) is 0 Å². The number of amides is 1. The normalized spacial score (nSPS) is 10.3. The van der Waals surface area contributed by atoms with Gasteiger partial charge in [0, 0.05) is 6.20 Å². The van der Waals surface area contributed by atoms with Crippen LogP contribution in [0.3, 0.4) is 0 Å². The smallest absolute Gasteiger partial charge is 0.408 e. The minimum atomic E-state index is -1.03. The Hall–Kier alpha value is -1.77. The summed E-state index contributed by atoms with van der Waals surface area (Å²) in [5.41, 5.74) is 1.26. The fraction of sp³-hybridized carbons (Fsp3) is 0.182. The average molecular weight is 191 g/mol. The summed E-state index contributed by atoms with van der Waals surface area (Å²) >= 11 is 0. The van der Waals surface area contributed by atoms with E-state index in [1.807, 2.05) is 18.2 Å². The molecule has 0 fully saturated rings. The first-order chi connectivity index (χ1) is 6.79. The largest absolute Gasteiger partial charge is 0.465 e. The lowest BCUT2D eigenvalue weighted by atomic mass is 10.1. The molecule has 0 bridgehead atoms. The van der Waals surface area contributed by atoms with Gasteiger partial charge in [-0.05, 0) is 18.4 Å². The van der Waals surface area contributed by atoms with E-state index in [0.29, 0.717) is 0 Å². The first-order valence-electron chi connectivity index (χ1n) is 4.47. The SMILES string of the molecule is O=C(O)N/C=C/CCc1ccccc1. The molecule has 0 radical (unpaired) electrons.